The molecule has 1 heterocycles. The standard InChI is InChI=1S/C25H24N2O7S/c1-27(2)19-14-8-11-7-13-12(10-5-6-35-9-10)3-4-15(28)17(13)20(29)16(11)22(31)25(14,34)23(32)18(21(19)30)24(26)33/h3-6,9,11,14,19,28,30-31,34H,7-8H2,1-2H3,(H2,26,33)/t11-,14-,19-,25-/m0/s1. The fraction of sp³-hybridized carbons (Fsp3) is 0.320. The number of benzene rings is 1. The fourth-order valence-corrected chi connectivity index (χ4v) is 6.59. The molecule has 10 heteroatoms. The number of amides is 1. The summed E-state index contributed by atoms with van der Waals surface area (Å²) in [5.74, 6) is -6.54. The summed E-state index contributed by atoms with van der Waals surface area (Å²) in [5, 5.41) is 48.1. The van der Waals surface area contributed by atoms with Gasteiger partial charge < -0.3 is 26.2 Å². The van der Waals surface area contributed by atoms with E-state index in [-0.39, 0.29) is 29.7 Å². The van der Waals surface area contributed by atoms with Crippen molar-refractivity contribution in [1.29, 1.82) is 0 Å². The van der Waals surface area contributed by atoms with Crippen LogP contribution in [0.25, 0.3) is 11.1 Å². The highest BCUT2D eigenvalue weighted by molar-refractivity contribution is 7.08. The molecule has 0 saturated heterocycles. The lowest BCUT2D eigenvalue weighted by molar-refractivity contribution is -0.148. The Bertz CT molecular complexity index is 1360. The summed E-state index contributed by atoms with van der Waals surface area (Å²) in [7, 11) is 3.19. The lowest BCUT2D eigenvalue weighted by Crippen LogP contribution is -2.63. The van der Waals surface area contributed by atoms with Gasteiger partial charge in [-0.3, -0.25) is 19.3 Å². The normalized spacial score (nSPS) is 28.2. The summed E-state index contributed by atoms with van der Waals surface area (Å²) in [6.45, 7) is 0. The van der Waals surface area contributed by atoms with Gasteiger partial charge >= 0.3 is 0 Å². The van der Waals surface area contributed by atoms with Crippen molar-refractivity contribution in [2.75, 3.05) is 14.1 Å². The molecule has 0 bridgehead atoms. The minimum atomic E-state index is -2.63. The van der Waals surface area contributed by atoms with Crippen molar-refractivity contribution >= 4 is 28.8 Å². The molecule has 5 rings (SSSR count). The zero-order chi connectivity index (χ0) is 25.4. The van der Waals surface area contributed by atoms with Crippen LogP contribution in [0.1, 0.15) is 22.3 Å². The molecular formula is C25H24N2O7S. The minimum absolute atomic E-state index is 0.00878. The smallest absolute Gasteiger partial charge is 0.255 e. The van der Waals surface area contributed by atoms with Gasteiger partial charge in [0.1, 0.15) is 22.8 Å². The van der Waals surface area contributed by atoms with Gasteiger partial charge in [0.05, 0.1) is 11.6 Å². The zero-order valence-electron chi connectivity index (χ0n) is 19.0. The van der Waals surface area contributed by atoms with Crippen LogP contribution >= 0.6 is 11.3 Å². The summed E-state index contributed by atoms with van der Waals surface area (Å²) < 4.78 is 0. The van der Waals surface area contributed by atoms with Crippen molar-refractivity contribution < 1.29 is 34.8 Å². The number of likely N-dealkylation sites (N-methyl/N-ethyl adjacent to an activating group) is 1. The first kappa shape index (κ1) is 23.3. The molecule has 4 atom stereocenters. The Morgan fingerprint density at radius 3 is 2.49 bits per heavy atom. The molecule has 3 aliphatic carbocycles. The van der Waals surface area contributed by atoms with E-state index in [4.69, 9.17) is 5.73 Å². The first-order valence-corrected chi connectivity index (χ1v) is 12.0. The van der Waals surface area contributed by atoms with Crippen LogP contribution in [-0.2, 0) is 16.0 Å². The minimum Gasteiger partial charge on any atom is -0.510 e. The molecule has 0 spiro atoms. The third kappa shape index (κ3) is 3.03. The van der Waals surface area contributed by atoms with E-state index in [2.05, 4.69) is 0 Å². The third-order valence-corrected chi connectivity index (χ3v) is 8.12. The summed E-state index contributed by atoms with van der Waals surface area (Å²) in [6.07, 6.45) is 0.318. The predicted molar refractivity (Wildman–Crippen MR) is 127 cm³/mol. The van der Waals surface area contributed by atoms with E-state index < -0.39 is 58.0 Å². The molecule has 0 fully saturated rings. The fourth-order valence-electron chi connectivity index (χ4n) is 5.94. The number of nitrogens with two attached hydrogens (primary N) is 1. The van der Waals surface area contributed by atoms with Gasteiger partial charge in [-0.2, -0.15) is 11.3 Å². The number of aliphatic hydroxyl groups excluding tert-OH is 2. The maximum absolute atomic E-state index is 13.7. The maximum Gasteiger partial charge on any atom is 0.255 e. The number of nitrogens with zero attached hydrogens (tertiary/aromatic N) is 1. The summed E-state index contributed by atoms with van der Waals surface area (Å²) in [5.41, 5.74) is 4.00. The lowest BCUT2D eigenvalue weighted by atomic mass is 9.58. The van der Waals surface area contributed by atoms with Gasteiger partial charge in [0.25, 0.3) is 5.91 Å². The SMILES string of the molecule is CN(C)[C@@H]1C(O)=C(C(N)=O)C(=O)[C@@]2(O)C(O)=C3C(=O)c4c(O)ccc(-c5ccsc5)c4C[C@H]3C[C@@H]12. The van der Waals surface area contributed by atoms with Gasteiger partial charge in [-0.1, -0.05) is 6.07 Å². The first-order valence-electron chi connectivity index (χ1n) is 11.0. The topological polar surface area (TPSA) is 161 Å². The number of carbonyl (C=O) groups excluding carboxylic acids is 3. The number of ketones is 2. The molecule has 1 aromatic carbocycles. The number of aliphatic hydroxyl groups is 3. The van der Waals surface area contributed by atoms with Gasteiger partial charge in [-0.05, 0) is 72.4 Å². The van der Waals surface area contributed by atoms with Crippen LogP contribution in [-0.4, -0.2) is 68.5 Å². The van der Waals surface area contributed by atoms with Crippen LogP contribution in [0.3, 0.4) is 0 Å². The Labute approximate surface area is 204 Å². The number of phenolic OH excluding ortho intramolecular Hbond substituents is 1. The number of thiophene rings is 1. The Balaban J connectivity index is 1.74. The van der Waals surface area contributed by atoms with Gasteiger partial charge in [-0.15, -0.1) is 0 Å². The molecule has 0 saturated carbocycles. The molecule has 1 amide bonds. The lowest BCUT2D eigenvalue weighted by Gasteiger charge is -2.50. The predicted octanol–water partition coefficient (Wildman–Crippen LogP) is 1.85. The van der Waals surface area contributed by atoms with Crippen LogP contribution < -0.4 is 5.73 Å². The Hall–Kier alpha value is -3.47. The van der Waals surface area contributed by atoms with Gasteiger partial charge in [-0.25, -0.2) is 0 Å². The molecule has 182 valence electrons. The van der Waals surface area contributed by atoms with E-state index in [9.17, 15) is 34.8 Å². The van der Waals surface area contributed by atoms with Gasteiger partial charge in [0.15, 0.2) is 11.4 Å². The van der Waals surface area contributed by atoms with Gasteiger partial charge in [0, 0.05) is 11.5 Å². The van der Waals surface area contributed by atoms with Crippen LogP contribution in [0.5, 0.6) is 5.75 Å². The Kier molecular flexibility index (Phi) is 5.17. The van der Waals surface area contributed by atoms with Crippen molar-refractivity contribution in [2.45, 2.75) is 24.5 Å². The number of allylic oxidation sites excluding steroid dienone is 1. The highest BCUT2D eigenvalue weighted by Gasteiger charge is 2.63. The molecule has 2 aromatic rings. The maximum atomic E-state index is 13.7. The summed E-state index contributed by atoms with van der Waals surface area (Å²) in [4.78, 5) is 40.5. The molecule has 0 aliphatic heterocycles. The van der Waals surface area contributed by atoms with Crippen LogP contribution in [0.2, 0.25) is 0 Å². The van der Waals surface area contributed by atoms with E-state index in [1.165, 1.54) is 22.3 Å². The number of hydrogen-bond acceptors (Lipinski definition) is 9. The summed E-state index contributed by atoms with van der Waals surface area (Å²) >= 11 is 1.49. The number of aromatic hydroxyl groups is 1. The Morgan fingerprint density at radius 1 is 1.17 bits per heavy atom. The van der Waals surface area contributed by atoms with E-state index in [1.54, 1.807) is 20.2 Å². The average molecular weight is 497 g/mol. The van der Waals surface area contributed by atoms with Crippen molar-refractivity contribution in [1.82, 2.24) is 4.90 Å². The molecule has 6 N–H and O–H groups in total. The van der Waals surface area contributed by atoms with Crippen LogP contribution in [0, 0.1) is 11.8 Å². The number of fused-ring (bicyclic) bond motifs is 3. The van der Waals surface area contributed by atoms with Crippen LogP contribution in [0.15, 0.2) is 51.6 Å². The van der Waals surface area contributed by atoms with Gasteiger partial charge in [0.2, 0.25) is 5.78 Å². The van der Waals surface area contributed by atoms with E-state index in [1.807, 2.05) is 16.8 Å². The number of primary amides is 1. The highest BCUT2D eigenvalue weighted by atomic mass is 32.1. The summed E-state index contributed by atoms with van der Waals surface area (Å²) in [6, 6.07) is 4.03. The second-order valence-corrected chi connectivity index (χ2v) is 10.2. The largest absolute Gasteiger partial charge is 0.510 e. The molecular weight excluding hydrogens is 472 g/mol. The van der Waals surface area contributed by atoms with E-state index in [0.717, 1.165) is 11.1 Å². The first-order chi connectivity index (χ1) is 16.5. The van der Waals surface area contributed by atoms with Crippen molar-refractivity contribution in [2.24, 2.45) is 17.6 Å². The average Bonchev–Trinajstić information content (AvgIpc) is 3.30. The molecule has 0 unspecified atom stereocenters. The molecule has 1 aromatic heterocycles. The number of phenols is 1. The third-order valence-electron chi connectivity index (χ3n) is 7.44. The highest BCUT2D eigenvalue weighted by Crippen LogP contribution is 2.53. The number of carbonyl (C=O) groups is 3. The van der Waals surface area contributed by atoms with Crippen molar-refractivity contribution in [3.05, 3.63) is 62.8 Å². The molecule has 35 heavy (non-hydrogen) atoms. The number of Topliss-reactive ketones (excluding diaryl/α,β-unsaturated/α-hetero) is 2. The molecule has 3 aliphatic rings. The van der Waals surface area contributed by atoms with Crippen molar-refractivity contribution in [3.8, 4) is 16.9 Å². The van der Waals surface area contributed by atoms with E-state index in [0.29, 0.717) is 5.56 Å². The van der Waals surface area contributed by atoms with Crippen LogP contribution in [0.4, 0.5) is 0 Å². The monoisotopic (exact) mass is 496 g/mol. The molecule has 9 nitrogen and oxygen atoms in total. The molecule has 0 radical (unpaired) electrons. The quantitative estimate of drug-likeness (QED) is 0.402. The number of rotatable bonds is 3. The second kappa shape index (κ2) is 7.77. The van der Waals surface area contributed by atoms with Crippen molar-refractivity contribution in [3.63, 3.8) is 0 Å². The zero-order valence-corrected chi connectivity index (χ0v) is 19.8. The Morgan fingerprint density at radius 2 is 1.89 bits per heavy atom. The second-order valence-electron chi connectivity index (χ2n) is 9.46. The van der Waals surface area contributed by atoms with E-state index >= 15 is 0 Å². The number of hydrogen-bond donors (Lipinski definition) is 5.